The molecular weight excluding hydrogens is 172 g/mol. The van der Waals surface area contributed by atoms with Gasteiger partial charge in [-0.1, -0.05) is 0 Å². The molecule has 4 heteroatoms. The summed E-state index contributed by atoms with van der Waals surface area (Å²) in [5.41, 5.74) is 5.68. The molecule has 3 N–H and O–H groups in total. The first-order valence-electron chi connectivity index (χ1n) is 4.05. The highest BCUT2D eigenvalue weighted by atomic mass is 32.1. The number of hydrogen-bond donors (Lipinski definition) is 2. The van der Waals surface area contributed by atoms with Crippen molar-refractivity contribution in [1.29, 1.82) is 0 Å². The van der Waals surface area contributed by atoms with Crippen molar-refractivity contribution < 1.29 is 5.11 Å². The van der Waals surface area contributed by atoms with Crippen molar-refractivity contribution in [3.05, 3.63) is 16.1 Å². The summed E-state index contributed by atoms with van der Waals surface area (Å²) in [4.78, 5) is 5.32. The zero-order valence-electron chi connectivity index (χ0n) is 7.16. The Hall–Kier alpha value is -0.450. The molecule has 0 aliphatic carbocycles. The first-order chi connectivity index (χ1) is 5.74. The summed E-state index contributed by atoms with van der Waals surface area (Å²) < 4.78 is 0. The highest BCUT2D eigenvalue weighted by Crippen LogP contribution is 2.19. The number of aryl methyl sites for hydroxylation is 1. The van der Waals surface area contributed by atoms with Crippen molar-refractivity contribution in [2.75, 3.05) is 6.61 Å². The number of rotatable bonds is 4. The molecule has 0 saturated heterocycles. The van der Waals surface area contributed by atoms with Gasteiger partial charge in [0.25, 0.3) is 0 Å². The van der Waals surface area contributed by atoms with Crippen molar-refractivity contribution >= 4 is 11.3 Å². The van der Waals surface area contributed by atoms with Crippen LogP contribution in [0, 0.1) is 0 Å². The fraction of sp³-hybridized carbons (Fsp3) is 0.625. The minimum atomic E-state index is 0.0744. The number of nitrogens with two attached hydrogens (primary N) is 1. The SMILES string of the molecule is CC(N)c1cnc(CCCO)s1. The highest BCUT2D eigenvalue weighted by Gasteiger charge is 2.04. The van der Waals surface area contributed by atoms with Crippen molar-refractivity contribution in [2.45, 2.75) is 25.8 Å². The third-order valence-corrected chi connectivity index (χ3v) is 2.83. The summed E-state index contributed by atoms with van der Waals surface area (Å²) in [6.45, 7) is 2.18. The molecule has 1 aromatic rings. The Bertz CT molecular complexity index is 235. The van der Waals surface area contributed by atoms with E-state index in [1.165, 1.54) is 0 Å². The quantitative estimate of drug-likeness (QED) is 0.740. The second kappa shape index (κ2) is 4.54. The molecule has 0 radical (unpaired) electrons. The number of thiazole rings is 1. The van der Waals surface area contributed by atoms with Gasteiger partial charge in [0.2, 0.25) is 0 Å². The van der Waals surface area contributed by atoms with E-state index in [2.05, 4.69) is 4.98 Å². The molecule has 1 aromatic heterocycles. The lowest BCUT2D eigenvalue weighted by molar-refractivity contribution is 0.288. The van der Waals surface area contributed by atoms with Gasteiger partial charge in [0, 0.05) is 30.1 Å². The smallest absolute Gasteiger partial charge is 0.0929 e. The van der Waals surface area contributed by atoms with Crippen molar-refractivity contribution in [2.24, 2.45) is 5.73 Å². The van der Waals surface area contributed by atoms with Crippen LogP contribution in [-0.4, -0.2) is 16.7 Å². The predicted octanol–water partition coefficient (Wildman–Crippen LogP) is 1.09. The van der Waals surface area contributed by atoms with E-state index < -0.39 is 0 Å². The Balaban J connectivity index is 2.52. The molecule has 0 aromatic carbocycles. The van der Waals surface area contributed by atoms with E-state index in [0.717, 1.165) is 22.7 Å². The molecule has 0 bridgehead atoms. The molecule has 1 rings (SSSR count). The molecule has 0 aliphatic rings. The zero-order valence-corrected chi connectivity index (χ0v) is 7.97. The summed E-state index contributed by atoms with van der Waals surface area (Å²) in [6, 6.07) is 0.0744. The summed E-state index contributed by atoms with van der Waals surface area (Å²) in [5, 5.41) is 9.66. The second-order valence-corrected chi connectivity index (χ2v) is 3.92. The molecule has 1 atom stereocenters. The van der Waals surface area contributed by atoms with Crippen molar-refractivity contribution in [1.82, 2.24) is 4.98 Å². The molecule has 0 fully saturated rings. The van der Waals surface area contributed by atoms with Gasteiger partial charge in [0.05, 0.1) is 5.01 Å². The maximum atomic E-state index is 8.60. The van der Waals surface area contributed by atoms with Crippen LogP contribution >= 0.6 is 11.3 Å². The summed E-state index contributed by atoms with van der Waals surface area (Å²) in [5.74, 6) is 0. The van der Waals surface area contributed by atoms with E-state index in [1.807, 2.05) is 13.1 Å². The number of nitrogens with zero attached hydrogens (tertiary/aromatic N) is 1. The van der Waals surface area contributed by atoms with Gasteiger partial charge < -0.3 is 10.8 Å². The number of aliphatic hydroxyl groups is 1. The largest absolute Gasteiger partial charge is 0.396 e. The first kappa shape index (κ1) is 9.64. The Morgan fingerprint density at radius 1 is 1.75 bits per heavy atom. The molecule has 3 nitrogen and oxygen atoms in total. The van der Waals surface area contributed by atoms with E-state index in [0.29, 0.717) is 0 Å². The normalized spacial score (nSPS) is 13.2. The minimum absolute atomic E-state index is 0.0744. The van der Waals surface area contributed by atoms with Crippen LogP contribution in [0.15, 0.2) is 6.20 Å². The molecule has 68 valence electrons. The second-order valence-electron chi connectivity index (χ2n) is 2.77. The van der Waals surface area contributed by atoms with Crippen molar-refractivity contribution in [3.63, 3.8) is 0 Å². The van der Waals surface area contributed by atoms with E-state index >= 15 is 0 Å². The fourth-order valence-corrected chi connectivity index (χ4v) is 1.80. The average Bonchev–Trinajstić information content (AvgIpc) is 2.48. The van der Waals surface area contributed by atoms with Gasteiger partial charge in [0.1, 0.15) is 0 Å². The molecule has 1 heterocycles. The summed E-state index contributed by atoms with van der Waals surface area (Å²) >= 11 is 1.63. The van der Waals surface area contributed by atoms with Crippen LogP contribution in [0.4, 0.5) is 0 Å². The van der Waals surface area contributed by atoms with Gasteiger partial charge in [-0.15, -0.1) is 11.3 Å². The number of aliphatic hydroxyl groups excluding tert-OH is 1. The topological polar surface area (TPSA) is 59.1 Å². The van der Waals surface area contributed by atoms with Crippen LogP contribution in [0.25, 0.3) is 0 Å². The molecule has 0 aliphatic heterocycles. The lowest BCUT2D eigenvalue weighted by Crippen LogP contribution is -2.01. The maximum absolute atomic E-state index is 8.60. The van der Waals surface area contributed by atoms with Gasteiger partial charge in [-0.3, -0.25) is 0 Å². The zero-order chi connectivity index (χ0) is 8.97. The van der Waals surface area contributed by atoms with Gasteiger partial charge >= 0.3 is 0 Å². The minimum Gasteiger partial charge on any atom is -0.396 e. The first-order valence-corrected chi connectivity index (χ1v) is 4.86. The summed E-state index contributed by atoms with van der Waals surface area (Å²) in [7, 11) is 0. The van der Waals surface area contributed by atoms with Gasteiger partial charge in [-0.2, -0.15) is 0 Å². The predicted molar refractivity (Wildman–Crippen MR) is 50.1 cm³/mol. The van der Waals surface area contributed by atoms with Gasteiger partial charge in [-0.25, -0.2) is 4.98 Å². The average molecular weight is 186 g/mol. The van der Waals surface area contributed by atoms with Gasteiger partial charge in [-0.05, 0) is 13.3 Å². The third-order valence-electron chi connectivity index (χ3n) is 1.57. The van der Waals surface area contributed by atoms with Gasteiger partial charge in [0.15, 0.2) is 0 Å². The van der Waals surface area contributed by atoms with Crippen LogP contribution in [0.1, 0.15) is 29.3 Å². The van der Waals surface area contributed by atoms with Crippen molar-refractivity contribution in [3.8, 4) is 0 Å². The standard InChI is InChI=1S/C8H14N2OS/c1-6(9)7-5-10-8(12-7)3-2-4-11/h5-6,11H,2-4,9H2,1H3. The van der Waals surface area contributed by atoms with E-state index in [9.17, 15) is 0 Å². The molecule has 1 unspecified atom stereocenters. The van der Waals surface area contributed by atoms with Crippen LogP contribution in [0.3, 0.4) is 0 Å². The Morgan fingerprint density at radius 2 is 2.50 bits per heavy atom. The van der Waals surface area contributed by atoms with E-state index in [4.69, 9.17) is 10.8 Å². The van der Waals surface area contributed by atoms with E-state index in [1.54, 1.807) is 11.3 Å². The Labute approximate surface area is 76.3 Å². The van der Waals surface area contributed by atoms with Crippen LogP contribution in [-0.2, 0) is 6.42 Å². The number of hydrogen-bond acceptors (Lipinski definition) is 4. The molecule has 0 saturated carbocycles. The third kappa shape index (κ3) is 2.55. The highest BCUT2D eigenvalue weighted by molar-refractivity contribution is 7.11. The van der Waals surface area contributed by atoms with E-state index in [-0.39, 0.29) is 12.6 Å². The van der Waals surface area contributed by atoms with Crippen LogP contribution in [0.5, 0.6) is 0 Å². The lowest BCUT2D eigenvalue weighted by atomic mass is 10.3. The summed E-state index contributed by atoms with van der Waals surface area (Å²) in [6.07, 6.45) is 3.46. The Kier molecular flexibility index (Phi) is 3.65. The molecule has 0 amide bonds. The Morgan fingerprint density at radius 3 is 3.00 bits per heavy atom. The monoisotopic (exact) mass is 186 g/mol. The molecule has 0 spiro atoms. The van der Waals surface area contributed by atoms with Crippen LogP contribution in [0.2, 0.25) is 0 Å². The van der Waals surface area contributed by atoms with Crippen LogP contribution < -0.4 is 5.73 Å². The lowest BCUT2D eigenvalue weighted by Gasteiger charge is -1.96. The maximum Gasteiger partial charge on any atom is 0.0929 e. The molecular formula is C8H14N2OS. The number of aromatic nitrogens is 1. The fourth-order valence-electron chi connectivity index (χ4n) is 0.881. The molecule has 12 heavy (non-hydrogen) atoms.